The smallest absolute Gasteiger partial charge is 0.188 e. The van der Waals surface area contributed by atoms with Gasteiger partial charge in [-0.1, -0.05) is 0 Å². The highest BCUT2D eigenvalue weighted by Gasteiger charge is 2.36. The molecule has 0 aromatic heterocycles. The Balaban J connectivity index is 1.99. The SMILES string of the molecule is N=C(N)N(C1CC1)[C@@H]1CCSC1. The van der Waals surface area contributed by atoms with Crippen molar-refractivity contribution in [1.29, 1.82) is 5.41 Å². The normalized spacial score (nSPS) is 28.8. The van der Waals surface area contributed by atoms with Gasteiger partial charge in [-0.25, -0.2) is 0 Å². The molecule has 1 atom stereocenters. The molecule has 2 rings (SSSR count). The summed E-state index contributed by atoms with van der Waals surface area (Å²) < 4.78 is 0. The summed E-state index contributed by atoms with van der Waals surface area (Å²) in [6.45, 7) is 0. The molecule has 0 aromatic rings. The molecule has 1 saturated carbocycles. The van der Waals surface area contributed by atoms with Crippen molar-refractivity contribution in [1.82, 2.24) is 4.90 Å². The fourth-order valence-corrected chi connectivity index (χ4v) is 2.99. The third kappa shape index (κ3) is 1.53. The monoisotopic (exact) mass is 185 g/mol. The van der Waals surface area contributed by atoms with Gasteiger partial charge in [-0.05, 0) is 25.0 Å². The van der Waals surface area contributed by atoms with Crippen molar-refractivity contribution >= 4 is 17.7 Å². The van der Waals surface area contributed by atoms with Gasteiger partial charge >= 0.3 is 0 Å². The summed E-state index contributed by atoms with van der Waals surface area (Å²) in [5.74, 6) is 2.68. The molecule has 0 bridgehead atoms. The summed E-state index contributed by atoms with van der Waals surface area (Å²) in [5.41, 5.74) is 5.56. The first-order chi connectivity index (χ1) is 5.79. The summed E-state index contributed by atoms with van der Waals surface area (Å²) >= 11 is 1.98. The third-order valence-corrected chi connectivity index (χ3v) is 3.66. The molecule has 0 unspecified atom stereocenters. The van der Waals surface area contributed by atoms with E-state index in [1.54, 1.807) is 0 Å². The first-order valence-corrected chi connectivity index (χ1v) is 5.64. The van der Waals surface area contributed by atoms with Crippen molar-refractivity contribution in [3.8, 4) is 0 Å². The largest absolute Gasteiger partial charge is 0.370 e. The van der Waals surface area contributed by atoms with Crippen LogP contribution in [0.1, 0.15) is 19.3 Å². The highest BCUT2D eigenvalue weighted by Crippen LogP contribution is 2.32. The van der Waals surface area contributed by atoms with Gasteiger partial charge in [-0.2, -0.15) is 11.8 Å². The van der Waals surface area contributed by atoms with Crippen LogP contribution in [0.5, 0.6) is 0 Å². The lowest BCUT2D eigenvalue weighted by Crippen LogP contribution is -2.45. The van der Waals surface area contributed by atoms with Crippen LogP contribution in [0.4, 0.5) is 0 Å². The van der Waals surface area contributed by atoms with Gasteiger partial charge in [0.05, 0.1) is 0 Å². The van der Waals surface area contributed by atoms with E-state index in [1.165, 1.54) is 25.0 Å². The fraction of sp³-hybridized carbons (Fsp3) is 0.875. The Bertz CT molecular complexity index is 185. The number of rotatable bonds is 2. The van der Waals surface area contributed by atoms with Crippen molar-refractivity contribution < 1.29 is 0 Å². The number of nitrogens with two attached hydrogens (primary N) is 1. The Kier molecular flexibility index (Phi) is 2.17. The second kappa shape index (κ2) is 3.17. The number of nitrogens with one attached hydrogen (secondary N) is 1. The molecule has 4 heteroatoms. The summed E-state index contributed by atoms with van der Waals surface area (Å²) in [4.78, 5) is 2.12. The standard InChI is InChI=1S/C8H15N3S/c9-8(10)11(6-1-2-6)7-3-4-12-5-7/h6-7H,1-5H2,(H3,9,10)/t7-/m1/s1. The zero-order chi connectivity index (χ0) is 8.55. The van der Waals surface area contributed by atoms with Crippen molar-refractivity contribution in [3.05, 3.63) is 0 Å². The fourth-order valence-electron chi connectivity index (χ4n) is 1.79. The van der Waals surface area contributed by atoms with Crippen LogP contribution in [0, 0.1) is 5.41 Å². The minimum atomic E-state index is 0.282. The van der Waals surface area contributed by atoms with E-state index in [0.29, 0.717) is 12.1 Å². The molecule has 68 valence electrons. The van der Waals surface area contributed by atoms with Crippen LogP contribution in [-0.4, -0.2) is 34.4 Å². The Morgan fingerprint density at radius 1 is 1.33 bits per heavy atom. The zero-order valence-electron chi connectivity index (χ0n) is 7.12. The molecular formula is C8H15N3S. The predicted octanol–water partition coefficient (Wildman–Crippen LogP) is 0.850. The maximum atomic E-state index is 7.48. The topological polar surface area (TPSA) is 53.1 Å². The van der Waals surface area contributed by atoms with E-state index >= 15 is 0 Å². The molecule has 1 saturated heterocycles. The van der Waals surface area contributed by atoms with E-state index in [0.717, 1.165) is 5.75 Å². The molecule has 1 aliphatic heterocycles. The maximum absolute atomic E-state index is 7.48. The molecular weight excluding hydrogens is 170 g/mol. The average Bonchev–Trinajstić information content (AvgIpc) is 2.65. The van der Waals surface area contributed by atoms with Crippen LogP contribution in [0.2, 0.25) is 0 Å². The van der Waals surface area contributed by atoms with Crippen molar-refractivity contribution in [2.45, 2.75) is 31.3 Å². The summed E-state index contributed by atoms with van der Waals surface area (Å²) in [5, 5.41) is 7.48. The summed E-state index contributed by atoms with van der Waals surface area (Å²) in [7, 11) is 0. The molecule has 0 aromatic carbocycles. The number of thioether (sulfide) groups is 1. The molecule has 3 N–H and O–H groups in total. The van der Waals surface area contributed by atoms with Gasteiger partial charge in [0.25, 0.3) is 0 Å². The third-order valence-electron chi connectivity index (χ3n) is 2.52. The number of guanidine groups is 1. The van der Waals surface area contributed by atoms with Gasteiger partial charge < -0.3 is 10.6 Å². The number of hydrogen-bond donors (Lipinski definition) is 2. The quantitative estimate of drug-likeness (QED) is 0.495. The van der Waals surface area contributed by atoms with Gasteiger partial charge in [0, 0.05) is 17.8 Å². The minimum absolute atomic E-state index is 0.282. The number of nitrogens with zero attached hydrogens (tertiary/aromatic N) is 1. The Morgan fingerprint density at radius 2 is 2.08 bits per heavy atom. The van der Waals surface area contributed by atoms with E-state index in [1.807, 2.05) is 11.8 Å². The molecule has 1 aliphatic carbocycles. The van der Waals surface area contributed by atoms with Gasteiger partial charge in [-0.3, -0.25) is 5.41 Å². The molecule has 2 aliphatic rings. The molecule has 1 heterocycles. The lowest BCUT2D eigenvalue weighted by molar-refractivity contribution is 0.320. The van der Waals surface area contributed by atoms with Crippen molar-refractivity contribution in [3.63, 3.8) is 0 Å². The predicted molar refractivity (Wildman–Crippen MR) is 52.5 cm³/mol. The summed E-state index contributed by atoms with van der Waals surface area (Å²) in [6, 6.07) is 1.16. The van der Waals surface area contributed by atoms with Crippen LogP contribution in [0.15, 0.2) is 0 Å². The van der Waals surface area contributed by atoms with Crippen LogP contribution >= 0.6 is 11.8 Å². The molecule has 0 amide bonds. The molecule has 2 fully saturated rings. The Hall–Kier alpha value is -0.380. The average molecular weight is 185 g/mol. The van der Waals surface area contributed by atoms with Gasteiger partial charge in [0.2, 0.25) is 0 Å². The highest BCUT2D eigenvalue weighted by atomic mass is 32.2. The Morgan fingerprint density at radius 3 is 2.50 bits per heavy atom. The highest BCUT2D eigenvalue weighted by molar-refractivity contribution is 7.99. The first-order valence-electron chi connectivity index (χ1n) is 4.49. The van der Waals surface area contributed by atoms with Gasteiger partial charge in [-0.15, -0.1) is 0 Å². The number of hydrogen-bond acceptors (Lipinski definition) is 2. The van der Waals surface area contributed by atoms with E-state index in [2.05, 4.69) is 4.90 Å². The maximum Gasteiger partial charge on any atom is 0.188 e. The van der Waals surface area contributed by atoms with Crippen LogP contribution in [0.25, 0.3) is 0 Å². The second-order valence-corrected chi connectivity index (χ2v) is 4.69. The van der Waals surface area contributed by atoms with Gasteiger partial charge in [0.15, 0.2) is 5.96 Å². The molecule has 0 radical (unpaired) electrons. The summed E-state index contributed by atoms with van der Waals surface area (Å²) in [6.07, 6.45) is 3.68. The van der Waals surface area contributed by atoms with E-state index in [4.69, 9.17) is 11.1 Å². The van der Waals surface area contributed by atoms with Crippen LogP contribution in [-0.2, 0) is 0 Å². The first kappa shape index (κ1) is 8.23. The molecule has 12 heavy (non-hydrogen) atoms. The van der Waals surface area contributed by atoms with E-state index < -0.39 is 0 Å². The molecule has 3 nitrogen and oxygen atoms in total. The molecule has 0 spiro atoms. The second-order valence-electron chi connectivity index (χ2n) is 3.54. The van der Waals surface area contributed by atoms with E-state index in [-0.39, 0.29) is 5.96 Å². The van der Waals surface area contributed by atoms with Crippen molar-refractivity contribution in [2.24, 2.45) is 5.73 Å². The Labute approximate surface area is 77.2 Å². The van der Waals surface area contributed by atoms with Gasteiger partial charge in [0.1, 0.15) is 0 Å². The lowest BCUT2D eigenvalue weighted by Gasteiger charge is -2.28. The van der Waals surface area contributed by atoms with Crippen molar-refractivity contribution in [2.75, 3.05) is 11.5 Å². The van der Waals surface area contributed by atoms with Crippen LogP contribution < -0.4 is 5.73 Å². The minimum Gasteiger partial charge on any atom is -0.370 e. The van der Waals surface area contributed by atoms with E-state index in [9.17, 15) is 0 Å². The zero-order valence-corrected chi connectivity index (χ0v) is 7.94. The van der Waals surface area contributed by atoms with Crippen LogP contribution in [0.3, 0.4) is 0 Å². The lowest BCUT2D eigenvalue weighted by atomic mass is 10.2.